The van der Waals surface area contributed by atoms with Gasteiger partial charge >= 0.3 is 17.9 Å². The van der Waals surface area contributed by atoms with Crippen molar-refractivity contribution in [3.05, 3.63) is 0 Å². The summed E-state index contributed by atoms with van der Waals surface area (Å²) in [6, 6.07) is 0. The van der Waals surface area contributed by atoms with Gasteiger partial charge in [-0.2, -0.15) is 0 Å². The number of rotatable bonds is 12. The summed E-state index contributed by atoms with van der Waals surface area (Å²) in [7, 11) is 0. The van der Waals surface area contributed by atoms with E-state index in [1.54, 1.807) is 0 Å². The third-order valence-corrected chi connectivity index (χ3v) is 3.87. The first-order valence-corrected chi connectivity index (χ1v) is 8.52. The molecule has 0 radical (unpaired) electrons. The Kier molecular flexibility index (Phi) is 11.0. The number of hydrogen-bond donors (Lipinski definition) is 3. The van der Waals surface area contributed by atoms with E-state index in [1.807, 2.05) is 6.92 Å². The average molecular weight is 378 g/mol. The zero-order valence-corrected chi connectivity index (χ0v) is 15.8. The van der Waals surface area contributed by atoms with Crippen molar-refractivity contribution in [1.82, 2.24) is 0 Å². The molecule has 0 aromatic rings. The van der Waals surface area contributed by atoms with Crippen LogP contribution in [0.5, 0.6) is 0 Å². The molecule has 0 amide bonds. The van der Waals surface area contributed by atoms with Crippen molar-refractivity contribution in [3.8, 4) is 0 Å². The van der Waals surface area contributed by atoms with E-state index in [2.05, 4.69) is 0 Å². The Labute approximate surface area is 153 Å². The van der Waals surface area contributed by atoms with Gasteiger partial charge in [-0.1, -0.05) is 6.92 Å². The van der Waals surface area contributed by atoms with Gasteiger partial charge in [0.05, 0.1) is 19.8 Å². The zero-order valence-electron chi connectivity index (χ0n) is 15.8. The molecular formula is C17H30O9. The lowest BCUT2D eigenvalue weighted by Gasteiger charge is -2.29. The summed E-state index contributed by atoms with van der Waals surface area (Å²) in [6.45, 7) is 5.85. The highest BCUT2D eigenvalue weighted by Gasteiger charge is 2.27. The number of aliphatic hydroxyl groups is 3. The first kappa shape index (κ1) is 24.3. The third-order valence-electron chi connectivity index (χ3n) is 3.87. The Morgan fingerprint density at radius 2 is 0.923 bits per heavy atom. The van der Waals surface area contributed by atoms with E-state index in [0.29, 0.717) is 19.3 Å². The van der Waals surface area contributed by atoms with Crippen molar-refractivity contribution in [1.29, 1.82) is 0 Å². The summed E-state index contributed by atoms with van der Waals surface area (Å²) < 4.78 is 14.8. The van der Waals surface area contributed by atoms with E-state index in [4.69, 9.17) is 29.5 Å². The predicted octanol–water partition coefficient (Wildman–Crippen LogP) is -0.0650. The molecule has 0 fully saturated rings. The van der Waals surface area contributed by atoms with Gasteiger partial charge in [0, 0.05) is 0 Å². The second kappa shape index (κ2) is 11.8. The number of hydrogen-bond acceptors (Lipinski definition) is 9. The molecule has 152 valence electrons. The lowest BCUT2D eigenvalue weighted by atomic mass is 9.81. The van der Waals surface area contributed by atoms with Crippen molar-refractivity contribution in [3.63, 3.8) is 0 Å². The zero-order chi connectivity index (χ0) is 20.3. The van der Waals surface area contributed by atoms with E-state index in [0.717, 1.165) is 0 Å². The van der Waals surface area contributed by atoms with Crippen LogP contribution in [0.4, 0.5) is 0 Å². The molecule has 26 heavy (non-hydrogen) atoms. The van der Waals surface area contributed by atoms with Crippen LogP contribution in [0.1, 0.15) is 47.0 Å². The van der Waals surface area contributed by atoms with Crippen molar-refractivity contribution >= 4 is 17.9 Å². The highest BCUT2D eigenvalue weighted by Crippen LogP contribution is 2.30. The van der Waals surface area contributed by atoms with E-state index >= 15 is 0 Å². The van der Waals surface area contributed by atoms with E-state index in [9.17, 15) is 14.4 Å². The fourth-order valence-corrected chi connectivity index (χ4v) is 1.93. The molecule has 9 nitrogen and oxygen atoms in total. The lowest BCUT2D eigenvalue weighted by molar-refractivity contribution is -0.154. The van der Waals surface area contributed by atoms with Gasteiger partial charge in [-0.05, 0) is 45.4 Å². The molecule has 0 aliphatic heterocycles. The van der Waals surface area contributed by atoms with Crippen LogP contribution in [0.3, 0.4) is 0 Å². The monoisotopic (exact) mass is 378 g/mol. The molecule has 0 aromatic heterocycles. The molecule has 3 N–H and O–H groups in total. The minimum absolute atomic E-state index is 0.0366. The van der Waals surface area contributed by atoms with E-state index in [1.165, 1.54) is 20.8 Å². The van der Waals surface area contributed by atoms with Crippen molar-refractivity contribution < 1.29 is 43.9 Å². The molecule has 0 saturated heterocycles. The molecule has 0 aliphatic carbocycles. The van der Waals surface area contributed by atoms with E-state index < -0.39 is 41.6 Å². The largest absolute Gasteiger partial charge is 0.464 e. The van der Waals surface area contributed by atoms with Crippen LogP contribution in [0.25, 0.3) is 0 Å². The SMILES string of the molecule is C[C@H](O)C(=O)OCCC(C)(CCOC(=O)[C@H](C)O)CCOC(=O)[C@@H](C)O. The van der Waals surface area contributed by atoms with Gasteiger partial charge in [0.2, 0.25) is 0 Å². The van der Waals surface area contributed by atoms with Crippen LogP contribution >= 0.6 is 0 Å². The summed E-state index contributed by atoms with van der Waals surface area (Å²) in [5.41, 5.74) is -0.503. The maximum absolute atomic E-state index is 11.3. The van der Waals surface area contributed by atoms with Crippen LogP contribution < -0.4 is 0 Å². The molecule has 0 heterocycles. The van der Waals surface area contributed by atoms with Gasteiger partial charge < -0.3 is 29.5 Å². The highest BCUT2D eigenvalue weighted by atomic mass is 16.6. The van der Waals surface area contributed by atoms with Crippen molar-refractivity contribution in [2.24, 2.45) is 5.41 Å². The van der Waals surface area contributed by atoms with Gasteiger partial charge in [0.15, 0.2) is 0 Å². The lowest BCUT2D eigenvalue weighted by Crippen LogP contribution is -2.29. The van der Waals surface area contributed by atoms with E-state index in [-0.39, 0.29) is 19.8 Å². The topological polar surface area (TPSA) is 140 Å². The number of ether oxygens (including phenoxy) is 3. The summed E-state index contributed by atoms with van der Waals surface area (Å²) in [6.07, 6.45) is -2.53. The van der Waals surface area contributed by atoms with Crippen LogP contribution in [0.15, 0.2) is 0 Å². The Bertz CT molecular complexity index is 393. The van der Waals surface area contributed by atoms with Gasteiger partial charge in [0.1, 0.15) is 18.3 Å². The molecule has 0 aromatic carbocycles. The minimum Gasteiger partial charge on any atom is -0.464 e. The summed E-state index contributed by atoms with van der Waals surface area (Å²) in [5, 5.41) is 27.4. The van der Waals surface area contributed by atoms with Gasteiger partial charge in [-0.15, -0.1) is 0 Å². The number of carbonyl (C=O) groups excluding carboxylic acids is 3. The second-order valence-corrected chi connectivity index (χ2v) is 6.59. The molecule has 0 rings (SSSR count). The minimum atomic E-state index is -1.22. The van der Waals surface area contributed by atoms with Gasteiger partial charge in [-0.25, -0.2) is 14.4 Å². The van der Waals surface area contributed by atoms with Crippen molar-refractivity contribution in [2.75, 3.05) is 19.8 Å². The smallest absolute Gasteiger partial charge is 0.334 e. The molecule has 0 bridgehead atoms. The molecule has 0 unspecified atom stereocenters. The quantitative estimate of drug-likeness (QED) is 0.314. The second-order valence-electron chi connectivity index (χ2n) is 6.59. The highest BCUT2D eigenvalue weighted by molar-refractivity contribution is 5.74. The molecule has 3 atom stereocenters. The summed E-state index contributed by atoms with van der Waals surface area (Å²) >= 11 is 0. The first-order chi connectivity index (χ1) is 12.0. The van der Waals surface area contributed by atoms with Crippen LogP contribution in [-0.2, 0) is 28.6 Å². The van der Waals surface area contributed by atoms with Crippen LogP contribution in [0, 0.1) is 5.41 Å². The Morgan fingerprint density at radius 3 is 1.12 bits per heavy atom. The third kappa shape index (κ3) is 10.3. The number of aliphatic hydroxyl groups excluding tert-OH is 3. The molecule has 0 saturated carbocycles. The fourth-order valence-electron chi connectivity index (χ4n) is 1.93. The Balaban J connectivity index is 4.60. The van der Waals surface area contributed by atoms with Crippen LogP contribution in [-0.4, -0.2) is 71.4 Å². The Hall–Kier alpha value is -1.71. The molecule has 0 spiro atoms. The standard InChI is InChI=1S/C17H30O9/c1-11(18)14(21)24-8-5-17(4,6-9-25-15(22)12(2)19)7-10-26-16(23)13(3)20/h11-13,18-20H,5-10H2,1-4H3/t11-,12-,13+/m0/s1. The summed E-state index contributed by atoms with van der Waals surface area (Å²) in [5.74, 6) is -2.23. The molecular weight excluding hydrogens is 348 g/mol. The number of esters is 3. The predicted molar refractivity (Wildman–Crippen MR) is 89.9 cm³/mol. The van der Waals surface area contributed by atoms with Gasteiger partial charge in [0.25, 0.3) is 0 Å². The Morgan fingerprint density at radius 1 is 0.692 bits per heavy atom. The van der Waals surface area contributed by atoms with Gasteiger partial charge in [-0.3, -0.25) is 0 Å². The first-order valence-electron chi connectivity index (χ1n) is 8.52. The average Bonchev–Trinajstić information content (AvgIpc) is 2.54. The fraction of sp³-hybridized carbons (Fsp3) is 0.824. The van der Waals surface area contributed by atoms with Crippen molar-refractivity contribution in [2.45, 2.75) is 65.3 Å². The summed E-state index contributed by atoms with van der Waals surface area (Å²) in [4.78, 5) is 34.0. The maximum Gasteiger partial charge on any atom is 0.334 e. The maximum atomic E-state index is 11.3. The molecule has 0 aliphatic rings. The normalized spacial score (nSPS) is 14.9. The molecule has 9 heteroatoms. The van der Waals surface area contributed by atoms with Crippen LogP contribution in [0.2, 0.25) is 0 Å². The number of carbonyl (C=O) groups is 3.